The van der Waals surface area contributed by atoms with Crippen LogP contribution in [0.15, 0.2) is 51.4 Å². The van der Waals surface area contributed by atoms with E-state index < -0.39 is 0 Å². The number of phenols is 1. The zero-order chi connectivity index (χ0) is 13.8. The quantitative estimate of drug-likeness (QED) is 0.933. The summed E-state index contributed by atoms with van der Waals surface area (Å²) in [7, 11) is 0. The van der Waals surface area contributed by atoms with E-state index in [0.29, 0.717) is 22.4 Å². The first-order valence-corrected chi connectivity index (χ1v) is 6.91. The molecule has 0 aliphatic rings. The molecule has 4 nitrogen and oxygen atoms in total. The minimum atomic E-state index is -0.121. The normalized spacial score (nSPS) is 10.9. The van der Waals surface area contributed by atoms with Gasteiger partial charge in [0, 0.05) is 18.9 Å². The second kappa shape index (κ2) is 5.93. The zero-order valence-corrected chi connectivity index (χ0v) is 11.7. The SMILES string of the molecule is CC(C)Cn1ccnc(Sc2ccccc2O)c1=O. The third-order valence-corrected chi connectivity index (χ3v) is 3.55. The molecule has 0 radical (unpaired) electrons. The molecule has 2 rings (SSSR count). The standard InChI is InChI=1S/C14H16N2O2S/c1-10(2)9-16-8-7-15-13(14(16)18)19-12-6-4-3-5-11(12)17/h3-8,10,17H,9H2,1-2H3. The number of rotatable bonds is 4. The number of aromatic hydroxyl groups is 1. The summed E-state index contributed by atoms with van der Waals surface area (Å²) in [5.74, 6) is 0.552. The summed E-state index contributed by atoms with van der Waals surface area (Å²) >= 11 is 1.19. The van der Waals surface area contributed by atoms with Crippen LogP contribution in [0, 0.1) is 5.92 Å². The Kier molecular flexibility index (Phi) is 4.27. The maximum atomic E-state index is 12.2. The third-order valence-electron chi connectivity index (χ3n) is 2.52. The summed E-state index contributed by atoms with van der Waals surface area (Å²) in [6.45, 7) is 4.78. The number of benzene rings is 1. The van der Waals surface area contributed by atoms with Crippen molar-refractivity contribution < 1.29 is 5.11 Å². The molecule has 0 saturated heterocycles. The van der Waals surface area contributed by atoms with Crippen LogP contribution >= 0.6 is 11.8 Å². The van der Waals surface area contributed by atoms with E-state index in [1.165, 1.54) is 11.8 Å². The van der Waals surface area contributed by atoms with Crippen LogP contribution in [0.4, 0.5) is 0 Å². The van der Waals surface area contributed by atoms with Gasteiger partial charge in [-0.05, 0) is 18.1 Å². The highest BCUT2D eigenvalue weighted by molar-refractivity contribution is 7.99. The highest BCUT2D eigenvalue weighted by atomic mass is 32.2. The van der Waals surface area contributed by atoms with Crippen molar-refractivity contribution in [2.45, 2.75) is 30.3 Å². The lowest BCUT2D eigenvalue weighted by Gasteiger charge is -2.09. The molecule has 1 aromatic carbocycles. The monoisotopic (exact) mass is 276 g/mol. The molecule has 2 aromatic rings. The van der Waals surface area contributed by atoms with Gasteiger partial charge in [-0.15, -0.1) is 0 Å². The summed E-state index contributed by atoms with van der Waals surface area (Å²) in [5, 5.41) is 10.1. The van der Waals surface area contributed by atoms with Crippen LogP contribution in [0.2, 0.25) is 0 Å². The Morgan fingerprint density at radius 3 is 2.79 bits per heavy atom. The Bertz CT molecular complexity index is 623. The smallest absolute Gasteiger partial charge is 0.283 e. The number of para-hydroxylation sites is 1. The number of phenolic OH excluding ortho intramolecular Hbond substituents is 1. The van der Waals surface area contributed by atoms with Crippen LogP contribution in [0.25, 0.3) is 0 Å². The van der Waals surface area contributed by atoms with Gasteiger partial charge < -0.3 is 9.67 Å². The lowest BCUT2D eigenvalue weighted by Crippen LogP contribution is -2.23. The molecule has 0 amide bonds. The largest absolute Gasteiger partial charge is 0.507 e. The summed E-state index contributed by atoms with van der Waals surface area (Å²) in [4.78, 5) is 17.0. The maximum absolute atomic E-state index is 12.2. The summed E-state index contributed by atoms with van der Waals surface area (Å²) < 4.78 is 1.65. The van der Waals surface area contributed by atoms with E-state index in [4.69, 9.17) is 0 Å². The first-order valence-electron chi connectivity index (χ1n) is 6.09. The van der Waals surface area contributed by atoms with Gasteiger partial charge in [0.15, 0.2) is 5.03 Å². The molecule has 19 heavy (non-hydrogen) atoms. The van der Waals surface area contributed by atoms with Crippen molar-refractivity contribution in [3.63, 3.8) is 0 Å². The number of aromatic nitrogens is 2. The first-order chi connectivity index (χ1) is 9.08. The van der Waals surface area contributed by atoms with Crippen LogP contribution in [0.5, 0.6) is 5.75 Å². The second-order valence-corrected chi connectivity index (χ2v) is 5.68. The van der Waals surface area contributed by atoms with Crippen molar-refractivity contribution in [1.82, 2.24) is 9.55 Å². The molecule has 1 N–H and O–H groups in total. The van der Waals surface area contributed by atoms with E-state index >= 15 is 0 Å². The molecule has 0 atom stereocenters. The lowest BCUT2D eigenvalue weighted by molar-refractivity contribution is 0.462. The molecule has 100 valence electrons. The summed E-state index contributed by atoms with van der Waals surface area (Å²) in [6, 6.07) is 6.92. The Labute approximate surface area is 116 Å². The maximum Gasteiger partial charge on any atom is 0.283 e. The van der Waals surface area contributed by atoms with E-state index in [-0.39, 0.29) is 11.3 Å². The fourth-order valence-electron chi connectivity index (χ4n) is 1.68. The first kappa shape index (κ1) is 13.7. The van der Waals surface area contributed by atoms with Crippen LogP contribution in [-0.4, -0.2) is 14.7 Å². The number of hydrogen-bond acceptors (Lipinski definition) is 4. The van der Waals surface area contributed by atoms with Gasteiger partial charge in [0.05, 0.1) is 4.90 Å². The van der Waals surface area contributed by atoms with Crippen molar-refractivity contribution in [2.75, 3.05) is 0 Å². The van der Waals surface area contributed by atoms with Gasteiger partial charge in [-0.3, -0.25) is 4.79 Å². The van der Waals surface area contributed by atoms with Crippen LogP contribution < -0.4 is 5.56 Å². The van der Waals surface area contributed by atoms with Crippen molar-refractivity contribution in [3.8, 4) is 5.75 Å². The molecule has 5 heteroatoms. The van der Waals surface area contributed by atoms with Crippen LogP contribution in [0.1, 0.15) is 13.8 Å². The molecule has 0 aliphatic heterocycles. The molecule has 0 bridgehead atoms. The third kappa shape index (κ3) is 3.38. The molecule has 0 saturated carbocycles. The van der Waals surface area contributed by atoms with Gasteiger partial charge in [-0.1, -0.05) is 37.7 Å². The van der Waals surface area contributed by atoms with E-state index in [2.05, 4.69) is 18.8 Å². The highest BCUT2D eigenvalue weighted by Gasteiger charge is 2.10. The minimum Gasteiger partial charge on any atom is -0.507 e. The highest BCUT2D eigenvalue weighted by Crippen LogP contribution is 2.30. The lowest BCUT2D eigenvalue weighted by atomic mass is 10.2. The van der Waals surface area contributed by atoms with Gasteiger partial charge >= 0.3 is 0 Å². The fourth-order valence-corrected chi connectivity index (χ4v) is 2.53. The van der Waals surface area contributed by atoms with Crippen LogP contribution in [0.3, 0.4) is 0 Å². The molecular formula is C14H16N2O2S. The second-order valence-electron chi connectivity index (χ2n) is 4.65. The molecule has 1 aromatic heterocycles. The molecule has 0 aliphatic carbocycles. The van der Waals surface area contributed by atoms with E-state index in [1.54, 1.807) is 35.2 Å². The number of nitrogens with zero attached hydrogens (tertiary/aromatic N) is 2. The van der Waals surface area contributed by atoms with Crippen molar-refractivity contribution >= 4 is 11.8 Å². The van der Waals surface area contributed by atoms with Crippen molar-refractivity contribution in [1.29, 1.82) is 0 Å². The zero-order valence-electron chi connectivity index (χ0n) is 10.9. The average molecular weight is 276 g/mol. The fraction of sp³-hybridized carbons (Fsp3) is 0.286. The summed E-state index contributed by atoms with van der Waals surface area (Å²) in [6.07, 6.45) is 3.31. The van der Waals surface area contributed by atoms with Gasteiger partial charge in [0.25, 0.3) is 5.56 Å². The van der Waals surface area contributed by atoms with Gasteiger partial charge in [-0.25, -0.2) is 4.98 Å². The topological polar surface area (TPSA) is 55.1 Å². The molecule has 0 unspecified atom stereocenters. The van der Waals surface area contributed by atoms with Gasteiger partial charge in [0.1, 0.15) is 5.75 Å². The average Bonchev–Trinajstić information content (AvgIpc) is 2.36. The molecule has 1 heterocycles. The Morgan fingerprint density at radius 1 is 1.37 bits per heavy atom. The van der Waals surface area contributed by atoms with E-state index in [9.17, 15) is 9.90 Å². The Morgan fingerprint density at radius 2 is 2.11 bits per heavy atom. The van der Waals surface area contributed by atoms with Gasteiger partial charge in [-0.2, -0.15) is 0 Å². The van der Waals surface area contributed by atoms with E-state index in [0.717, 1.165) is 0 Å². The number of hydrogen-bond donors (Lipinski definition) is 1. The molecule has 0 fully saturated rings. The minimum absolute atomic E-state index is 0.121. The predicted molar refractivity (Wildman–Crippen MR) is 75.6 cm³/mol. The van der Waals surface area contributed by atoms with Crippen LogP contribution in [-0.2, 0) is 6.54 Å². The predicted octanol–water partition coefficient (Wildman–Crippen LogP) is 2.76. The Hall–Kier alpha value is -1.75. The van der Waals surface area contributed by atoms with Crippen molar-refractivity contribution in [2.24, 2.45) is 5.92 Å². The Balaban J connectivity index is 2.31. The summed E-state index contributed by atoms with van der Waals surface area (Å²) in [5.41, 5.74) is -0.121. The van der Waals surface area contributed by atoms with Gasteiger partial charge in [0.2, 0.25) is 0 Å². The molecular weight excluding hydrogens is 260 g/mol. The van der Waals surface area contributed by atoms with E-state index in [1.807, 2.05) is 6.07 Å². The van der Waals surface area contributed by atoms with Crippen molar-refractivity contribution in [3.05, 3.63) is 47.0 Å². The molecule has 0 spiro atoms.